The number of hydrogen-bond acceptors (Lipinski definition) is 6. The first-order chi connectivity index (χ1) is 16.8. The maximum atomic E-state index is 14.3. The van der Waals surface area contributed by atoms with E-state index >= 15 is 0 Å². The van der Waals surface area contributed by atoms with Gasteiger partial charge in [0.25, 0.3) is 5.91 Å². The summed E-state index contributed by atoms with van der Waals surface area (Å²) in [5.41, 5.74) is 0.654. The largest absolute Gasteiger partial charge is 0.461 e. The minimum atomic E-state index is -0.774. The summed E-state index contributed by atoms with van der Waals surface area (Å²) in [5, 5.41) is 9.98. The minimum absolute atomic E-state index is 0.0405. The molecule has 6 atom stereocenters. The highest BCUT2D eigenvalue weighted by Gasteiger charge is 2.76. The molecule has 3 aliphatic rings. The molecular formula is C26H31ClN2O5S. The number of halogens is 1. The van der Waals surface area contributed by atoms with E-state index in [1.807, 2.05) is 0 Å². The molecule has 1 N–H and O–H groups in total. The summed E-state index contributed by atoms with van der Waals surface area (Å²) in [7, 11) is 0. The second-order valence-electron chi connectivity index (χ2n) is 9.29. The van der Waals surface area contributed by atoms with E-state index in [0.29, 0.717) is 17.1 Å². The van der Waals surface area contributed by atoms with Gasteiger partial charge in [-0.25, -0.2) is 0 Å². The third-order valence-corrected chi connectivity index (χ3v) is 9.70. The van der Waals surface area contributed by atoms with Gasteiger partial charge in [0.05, 0.1) is 16.6 Å². The van der Waals surface area contributed by atoms with Gasteiger partial charge in [0, 0.05) is 35.7 Å². The van der Waals surface area contributed by atoms with Gasteiger partial charge in [-0.05, 0) is 43.0 Å². The molecular weight excluding hydrogens is 488 g/mol. The fraction of sp³-hybridized carbons (Fsp3) is 0.500. The Morgan fingerprint density at radius 2 is 2.03 bits per heavy atom. The molecule has 188 valence electrons. The van der Waals surface area contributed by atoms with Crippen LogP contribution < -0.4 is 4.90 Å². The standard InChI is InChI=1S/C26H31ClN2O5S/c1-4-11-28(18-9-7-17(27)8-10-18)24(32)22-26-16(3)15-19(35-26)20(25(33)34-14-5-2)21(26)23(31)29(22)12-6-13-30/h4-5,7-10,16,19-22,30H,1-2,6,11-15H2,3H3/t16?,19-,20+,21-,22?,26?/m0/s1. The van der Waals surface area contributed by atoms with Crippen molar-refractivity contribution in [3.8, 4) is 0 Å². The van der Waals surface area contributed by atoms with Crippen LogP contribution in [0.4, 0.5) is 5.69 Å². The number of thioether (sulfide) groups is 1. The lowest BCUT2D eigenvalue weighted by Gasteiger charge is -2.40. The number of anilines is 1. The van der Waals surface area contributed by atoms with Crippen LogP contribution in [-0.4, -0.2) is 70.1 Å². The number of benzene rings is 1. The number of likely N-dealkylation sites (tertiary alicyclic amines) is 1. The third kappa shape index (κ3) is 4.19. The fourth-order valence-corrected chi connectivity index (χ4v) is 8.54. The number of hydrogen-bond donors (Lipinski definition) is 1. The van der Waals surface area contributed by atoms with Crippen molar-refractivity contribution >= 4 is 46.8 Å². The SMILES string of the molecule is C=CCOC(=O)[C@@H]1[C@@H]2CC(C)C3(S2)C(C(=O)N(CC=C)c2ccc(Cl)cc2)N(CCCO)C(=O)[C@H]13. The van der Waals surface area contributed by atoms with E-state index in [4.69, 9.17) is 16.3 Å². The summed E-state index contributed by atoms with van der Waals surface area (Å²) < 4.78 is 4.64. The Balaban J connectivity index is 1.77. The zero-order chi connectivity index (χ0) is 25.3. The normalized spacial score (nSPS) is 30.8. The number of carbonyl (C=O) groups is 3. The lowest BCUT2D eigenvalue weighted by atomic mass is 9.66. The van der Waals surface area contributed by atoms with Crippen molar-refractivity contribution in [2.75, 3.05) is 31.2 Å². The molecule has 2 amide bonds. The Kier molecular flexibility index (Phi) is 7.64. The number of amides is 2. The van der Waals surface area contributed by atoms with Crippen molar-refractivity contribution in [2.24, 2.45) is 17.8 Å². The molecule has 3 unspecified atom stereocenters. The summed E-state index contributed by atoms with van der Waals surface area (Å²) >= 11 is 7.66. The van der Waals surface area contributed by atoms with Crippen LogP contribution in [0.25, 0.3) is 0 Å². The molecule has 3 aliphatic heterocycles. The van der Waals surface area contributed by atoms with Crippen LogP contribution >= 0.6 is 23.4 Å². The molecule has 35 heavy (non-hydrogen) atoms. The van der Waals surface area contributed by atoms with Crippen LogP contribution in [0.5, 0.6) is 0 Å². The summed E-state index contributed by atoms with van der Waals surface area (Å²) in [6.07, 6.45) is 4.22. The van der Waals surface area contributed by atoms with Crippen molar-refractivity contribution in [1.82, 2.24) is 4.90 Å². The molecule has 0 saturated carbocycles. The van der Waals surface area contributed by atoms with Gasteiger partial charge in [-0.15, -0.1) is 18.3 Å². The quantitative estimate of drug-likeness (QED) is 0.378. The van der Waals surface area contributed by atoms with Crippen molar-refractivity contribution in [3.05, 3.63) is 54.6 Å². The monoisotopic (exact) mass is 518 g/mol. The molecule has 3 heterocycles. The fourth-order valence-electron chi connectivity index (χ4n) is 6.01. The van der Waals surface area contributed by atoms with Crippen molar-refractivity contribution in [2.45, 2.75) is 35.8 Å². The second-order valence-corrected chi connectivity index (χ2v) is 11.3. The van der Waals surface area contributed by atoms with E-state index in [1.54, 1.807) is 51.9 Å². The van der Waals surface area contributed by atoms with E-state index in [9.17, 15) is 19.5 Å². The highest BCUT2D eigenvalue weighted by molar-refractivity contribution is 8.02. The molecule has 0 aliphatic carbocycles. The molecule has 0 radical (unpaired) electrons. The maximum absolute atomic E-state index is 14.3. The maximum Gasteiger partial charge on any atom is 0.311 e. The van der Waals surface area contributed by atoms with Crippen molar-refractivity contribution in [1.29, 1.82) is 0 Å². The van der Waals surface area contributed by atoms with E-state index < -0.39 is 28.6 Å². The van der Waals surface area contributed by atoms with E-state index in [-0.39, 0.29) is 49.3 Å². The lowest BCUT2D eigenvalue weighted by molar-refractivity contribution is -0.153. The number of esters is 1. The second kappa shape index (κ2) is 10.4. The van der Waals surface area contributed by atoms with Gasteiger partial charge < -0.3 is 19.6 Å². The molecule has 0 aromatic heterocycles. The Morgan fingerprint density at radius 3 is 2.66 bits per heavy atom. The number of rotatable bonds is 10. The average Bonchev–Trinajstić information content (AvgIpc) is 3.43. The number of nitrogens with zero attached hydrogens (tertiary/aromatic N) is 2. The molecule has 3 saturated heterocycles. The first-order valence-corrected chi connectivity index (χ1v) is 13.1. The van der Waals surface area contributed by atoms with Crippen LogP contribution in [0.1, 0.15) is 19.8 Å². The number of fused-ring (bicyclic) bond motifs is 1. The third-order valence-electron chi connectivity index (χ3n) is 7.37. The van der Waals surface area contributed by atoms with Gasteiger partial charge in [-0.1, -0.05) is 37.3 Å². The molecule has 2 bridgehead atoms. The molecule has 7 nitrogen and oxygen atoms in total. The van der Waals surface area contributed by atoms with Crippen molar-refractivity contribution < 1.29 is 24.2 Å². The van der Waals surface area contributed by atoms with Gasteiger partial charge in [0.15, 0.2) is 0 Å². The number of ether oxygens (including phenoxy) is 1. The zero-order valence-corrected chi connectivity index (χ0v) is 21.3. The molecule has 1 aromatic carbocycles. The average molecular weight is 519 g/mol. The van der Waals surface area contributed by atoms with Crippen LogP contribution in [0.15, 0.2) is 49.6 Å². The predicted molar refractivity (Wildman–Crippen MR) is 137 cm³/mol. The molecule has 4 rings (SSSR count). The summed E-state index contributed by atoms with van der Waals surface area (Å²) in [4.78, 5) is 44.5. The highest BCUT2D eigenvalue weighted by atomic mass is 35.5. The molecule has 9 heteroatoms. The summed E-state index contributed by atoms with van der Waals surface area (Å²) in [6.45, 7) is 9.95. The van der Waals surface area contributed by atoms with Gasteiger partial charge in [0.1, 0.15) is 12.6 Å². The Labute approximate surface area is 215 Å². The zero-order valence-electron chi connectivity index (χ0n) is 19.8. The Bertz CT molecular complexity index is 1020. The van der Waals surface area contributed by atoms with Gasteiger partial charge in [-0.2, -0.15) is 0 Å². The van der Waals surface area contributed by atoms with Crippen LogP contribution in [0.2, 0.25) is 5.02 Å². The summed E-state index contributed by atoms with van der Waals surface area (Å²) in [6, 6.07) is 6.20. The van der Waals surface area contributed by atoms with E-state index in [1.165, 1.54) is 6.08 Å². The Morgan fingerprint density at radius 1 is 1.31 bits per heavy atom. The van der Waals surface area contributed by atoms with Crippen LogP contribution in [0, 0.1) is 17.8 Å². The Hall–Kier alpha value is -2.29. The number of aliphatic hydroxyl groups excluding tert-OH is 1. The van der Waals surface area contributed by atoms with Crippen molar-refractivity contribution in [3.63, 3.8) is 0 Å². The first-order valence-electron chi connectivity index (χ1n) is 11.9. The topological polar surface area (TPSA) is 87.2 Å². The molecule has 1 aromatic rings. The highest BCUT2D eigenvalue weighted by Crippen LogP contribution is 2.68. The first kappa shape index (κ1) is 25.8. The molecule has 1 spiro atoms. The predicted octanol–water partition coefficient (Wildman–Crippen LogP) is 3.31. The van der Waals surface area contributed by atoms with Crippen LogP contribution in [-0.2, 0) is 19.1 Å². The lowest BCUT2D eigenvalue weighted by Crippen LogP contribution is -2.57. The smallest absolute Gasteiger partial charge is 0.311 e. The van der Waals surface area contributed by atoms with Gasteiger partial charge in [-0.3, -0.25) is 14.4 Å². The van der Waals surface area contributed by atoms with E-state index in [0.717, 1.165) is 6.42 Å². The van der Waals surface area contributed by atoms with Crippen LogP contribution in [0.3, 0.4) is 0 Å². The number of aliphatic hydroxyl groups is 1. The minimum Gasteiger partial charge on any atom is -0.461 e. The molecule has 3 fully saturated rings. The van der Waals surface area contributed by atoms with Gasteiger partial charge >= 0.3 is 5.97 Å². The summed E-state index contributed by atoms with van der Waals surface area (Å²) in [5.74, 6) is -2.07. The number of carbonyl (C=O) groups excluding carboxylic acids is 3. The van der Waals surface area contributed by atoms with Gasteiger partial charge in [0.2, 0.25) is 5.91 Å². The van der Waals surface area contributed by atoms with E-state index in [2.05, 4.69) is 20.1 Å².